The molecule has 1 aromatic carbocycles. The Morgan fingerprint density at radius 1 is 1.32 bits per heavy atom. The van der Waals surface area contributed by atoms with E-state index < -0.39 is 22.0 Å². The molecule has 1 aliphatic rings. The van der Waals surface area contributed by atoms with Crippen molar-refractivity contribution in [2.45, 2.75) is 23.8 Å². The maximum Gasteiger partial charge on any atom is 0.252 e. The largest absolute Gasteiger partial charge is 0.365 e. The molecule has 3 N–H and O–H groups in total. The molecule has 1 amide bonds. The molecule has 0 radical (unpaired) electrons. The van der Waals surface area contributed by atoms with Gasteiger partial charge in [-0.05, 0) is 25.0 Å². The first-order chi connectivity index (χ1) is 10.5. The number of sulfonamides is 1. The first-order valence-electron chi connectivity index (χ1n) is 6.92. The highest BCUT2D eigenvalue weighted by atomic mass is 32.2. The Morgan fingerprint density at radius 2 is 2.05 bits per heavy atom. The van der Waals surface area contributed by atoms with Crippen LogP contribution in [-0.2, 0) is 10.0 Å². The van der Waals surface area contributed by atoms with Crippen molar-refractivity contribution in [2.24, 2.45) is 5.73 Å². The van der Waals surface area contributed by atoms with E-state index in [2.05, 4.69) is 10.2 Å². The predicted octanol–water partition coefficient (Wildman–Crippen LogP) is 1.03. The highest BCUT2D eigenvalue weighted by molar-refractivity contribution is 7.89. The highest BCUT2D eigenvalue weighted by Gasteiger charge is 2.38. The molecule has 1 fully saturated rings. The van der Waals surface area contributed by atoms with Crippen LogP contribution in [0.4, 0.5) is 0 Å². The number of benzene rings is 1. The molecule has 1 saturated heterocycles. The fourth-order valence-corrected chi connectivity index (χ4v) is 4.48. The number of carbonyl (C=O) groups is 1. The number of aromatic amines is 1. The number of rotatable bonds is 4. The average Bonchev–Trinajstić information content (AvgIpc) is 3.16. The van der Waals surface area contributed by atoms with Gasteiger partial charge in [0, 0.05) is 6.54 Å². The number of primary amides is 1. The van der Waals surface area contributed by atoms with E-state index >= 15 is 0 Å². The minimum Gasteiger partial charge on any atom is -0.365 e. The lowest BCUT2D eigenvalue weighted by atomic mass is 10.1. The van der Waals surface area contributed by atoms with Crippen molar-refractivity contribution in [3.63, 3.8) is 0 Å². The Kier molecular flexibility index (Phi) is 3.71. The van der Waals surface area contributed by atoms with Gasteiger partial charge in [0.15, 0.2) is 0 Å². The molecule has 2 aromatic rings. The maximum atomic E-state index is 12.8. The van der Waals surface area contributed by atoms with Crippen LogP contribution in [-0.4, -0.2) is 35.4 Å². The second-order valence-electron chi connectivity index (χ2n) is 5.15. The molecule has 3 rings (SSSR count). The van der Waals surface area contributed by atoms with E-state index in [9.17, 15) is 13.2 Å². The van der Waals surface area contributed by atoms with Gasteiger partial charge in [-0.15, -0.1) is 0 Å². The highest BCUT2D eigenvalue weighted by Crippen LogP contribution is 2.36. The second-order valence-corrected chi connectivity index (χ2v) is 7.04. The van der Waals surface area contributed by atoms with Crippen LogP contribution < -0.4 is 5.73 Å². The molecule has 2 heterocycles. The fourth-order valence-electron chi connectivity index (χ4n) is 2.79. The zero-order chi connectivity index (χ0) is 15.7. The summed E-state index contributed by atoms with van der Waals surface area (Å²) >= 11 is 0. The zero-order valence-electron chi connectivity index (χ0n) is 11.8. The van der Waals surface area contributed by atoms with Crippen molar-refractivity contribution in [1.82, 2.24) is 14.5 Å². The molecular weight excluding hydrogens is 304 g/mol. The number of amides is 1. The van der Waals surface area contributed by atoms with Crippen LogP contribution in [0.1, 0.15) is 34.9 Å². The summed E-state index contributed by atoms with van der Waals surface area (Å²) in [6.45, 7) is 0.402. The van der Waals surface area contributed by atoms with E-state index in [0.717, 1.165) is 0 Å². The minimum atomic E-state index is -3.62. The molecule has 1 atom stereocenters. The summed E-state index contributed by atoms with van der Waals surface area (Å²) in [5, 5.41) is 6.56. The molecule has 116 valence electrons. The van der Waals surface area contributed by atoms with Gasteiger partial charge in [-0.3, -0.25) is 9.89 Å². The topological polar surface area (TPSA) is 109 Å². The predicted molar refractivity (Wildman–Crippen MR) is 79.4 cm³/mol. The number of carbonyl (C=O) groups excluding carboxylic acids is 1. The van der Waals surface area contributed by atoms with Gasteiger partial charge in [0.1, 0.15) is 0 Å². The van der Waals surface area contributed by atoms with Gasteiger partial charge in [-0.1, -0.05) is 18.2 Å². The summed E-state index contributed by atoms with van der Waals surface area (Å²) in [6, 6.07) is 7.81. The quantitative estimate of drug-likeness (QED) is 0.877. The molecule has 0 bridgehead atoms. The zero-order valence-corrected chi connectivity index (χ0v) is 12.6. The summed E-state index contributed by atoms with van der Waals surface area (Å²) in [7, 11) is -3.62. The first kappa shape index (κ1) is 14.7. The summed E-state index contributed by atoms with van der Waals surface area (Å²) in [4.78, 5) is 11.7. The van der Waals surface area contributed by atoms with Gasteiger partial charge in [-0.2, -0.15) is 9.40 Å². The maximum absolute atomic E-state index is 12.8. The van der Waals surface area contributed by atoms with Crippen LogP contribution in [0.25, 0.3) is 0 Å². The average molecular weight is 320 g/mol. The lowest BCUT2D eigenvalue weighted by Crippen LogP contribution is -2.32. The van der Waals surface area contributed by atoms with Gasteiger partial charge in [0.25, 0.3) is 5.91 Å². The van der Waals surface area contributed by atoms with Crippen LogP contribution in [0, 0.1) is 0 Å². The Morgan fingerprint density at radius 3 is 2.73 bits per heavy atom. The SMILES string of the molecule is NC(=O)c1cn[nH]c1[C@H]1CCCN1S(=O)(=O)c1ccccc1. The molecule has 0 unspecified atom stereocenters. The van der Waals surface area contributed by atoms with E-state index in [4.69, 9.17) is 5.73 Å². The van der Waals surface area contributed by atoms with E-state index in [1.54, 1.807) is 30.3 Å². The monoisotopic (exact) mass is 320 g/mol. The Labute approximate surface area is 128 Å². The van der Waals surface area contributed by atoms with Crippen LogP contribution in [0.15, 0.2) is 41.4 Å². The number of nitrogens with one attached hydrogen (secondary N) is 1. The standard InChI is InChI=1S/C14H16N4O3S/c15-14(19)11-9-16-17-13(11)12-7-4-8-18(12)22(20,21)10-5-2-1-3-6-10/h1-3,5-6,9,12H,4,7-8H2,(H2,15,19)(H,16,17)/t12-/m1/s1. The van der Waals surface area contributed by atoms with Gasteiger partial charge < -0.3 is 5.73 Å². The van der Waals surface area contributed by atoms with Crippen LogP contribution in [0.3, 0.4) is 0 Å². The van der Waals surface area contributed by atoms with Gasteiger partial charge in [-0.25, -0.2) is 8.42 Å². The van der Waals surface area contributed by atoms with Crippen LogP contribution >= 0.6 is 0 Å². The molecular formula is C14H16N4O3S. The number of hydrogen-bond donors (Lipinski definition) is 2. The van der Waals surface area contributed by atoms with Crippen molar-refractivity contribution < 1.29 is 13.2 Å². The molecule has 0 saturated carbocycles. The number of hydrogen-bond acceptors (Lipinski definition) is 4. The summed E-state index contributed by atoms with van der Waals surface area (Å²) < 4.78 is 27.0. The van der Waals surface area contributed by atoms with E-state index in [1.165, 1.54) is 10.5 Å². The summed E-state index contributed by atoms with van der Waals surface area (Å²) in [5.41, 5.74) is 6.02. The van der Waals surface area contributed by atoms with Gasteiger partial charge >= 0.3 is 0 Å². The lowest BCUT2D eigenvalue weighted by molar-refractivity contribution is 0.0998. The number of aromatic nitrogens is 2. The molecule has 0 spiro atoms. The van der Waals surface area contributed by atoms with Crippen molar-refractivity contribution >= 4 is 15.9 Å². The number of nitrogens with two attached hydrogens (primary N) is 1. The molecule has 8 heteroatoms. The van der Waals surface area contributed by atoms with Crippen molar-refractivity contribution in [1.29, 1.82) is 0 Å². The van der Waals surface area contributed by atoms with Crippen molar-refractivity contribution in [3.05, 3.63) is 47.8 Å². The molecule has 1 aromatic heterocycles. The smallest absolute Gasteiger partial charge is 0.252 e. The summed E-state index contributed by atoms with van der Waals surface area (Å²) in [6.07, 6.45) is 2.67. The molecule has 1 aliphatic heterocycles. The normalized spacial score (nSPS) is 19.4. The Balaban J connectivity index is 2.01. The van der Waals surface area contributed by atoms with Crippen LogP contribution in [0.2, 0.25) is 0 Å². The molecule has 0 aliphatic carbocycles. The molecule has 7 nitrogen and oxygen atoms in total. The Bertz CT molecular complexity index is 785. The van der Waals surface area contributed by atoms with Gasteiger partial charge in [0.2, 0.25) is 10.0 Å². The van der Waals surface area contributed by atoms with E-state index in [0.29, 0.717) is 25.1 Å². The lowest BCUT2D eigenvalue weighted by Gasteiger charge is -2.23. The van der Waals surface area contributed by atoms with Crippen LogP contribution in [0.5, 0.6) is 0 Å². The molecule has 22 heavy (non-hydrogen) atoms. The first-order valence-corrected chi connectivity index (χ1v) is 8.36. The van der Waals surface area contributed by atoms with Crippen molar-refractivity contribution in [3.8, 4) is 0 Å². The third kappa shape index (κ3) is 2.40. The van der Waals surface area contributed by atoms with E-state index in [1.807, 2.05) is 0 Å². The summed E-state index contributed by atoms with van der Waals surface area (Å²) in [5.74, 6) is -0.618. The second kappa shape index (κ2) is 5.54. The van der Waals surface area contributed by atoms with Gasteiger partial charge in [0.05, 0.1) is 28.4 Å². The third-order valence-electron chi connectivity index (χ3n) is 3.82. The third-order valence-corrected chi connectivity index (χ3v) is 5.74. The fraction of sp³-hybridized carbons (Fsp3) is 0.286. The minimum absolute atomic E-state index is 0.236. The van der Waals surface area contributed by atoms with Crippen molar-refractivity contribution in [2.75, 3.05) is 6.54 Å². The number of nitrogens with zero attached hydrogens (tertiary/aromatic N) is 2. The van der Waals surface area contributed by atoms with E-state index in [-0.39, 0.29) is 10.5 Å². The number of H-pyrrole nitrogens is 1. The Hall–Kier alpha value is -2.19.